The van der Waals surface area contributed by atoms with Crippen LogP contribution in [-0.2, 0) is 19.1 Å². The molecule has 0 unspecified atom stereocenters. The second kappa shape index (κ2) is 10.1. The molecular formula is C17H21NO7. The minimum absolute atomic E-state index is 0.00464. The van der Waals surface area contributed by atoms with Gasteiger partial charge in [-0.05, 0) is 38.5 Å². The van der Waals surface area contributed by atoms with Crippen molar-refractivity contribution in [1.82, 2.24) is 0 Å². The lowest BCUT2D eigenvalue weighted by molar-refractivity contribution is -0.137. The van der Waals surface area contributed by atoms with Gasteiger partial charge < -0.3 is 19.9 Å². The van der Waals surface area contributed by atoms with Crippen LogP contribution in [0.2, 0.25) is 0 Å². The monoisotopic (exact) mass is 351 g/mol. The molecule has 0 aromatic heterocycles. The van der Waals surface area contributed by atoms with Crippen LogP contribution in [0.3, 0.4) is 0 Å². The van der Waals surface area contributed by atoms with Crippen LogP contribution in [0.5, 0.6) is 0 Å². The fraction of sp³-hybridized carbons (Fsp3) is 0.412. The lowest BCUT2D eigenvalue weighted by Gasteiger charge is -2.10. The van der Waals surface area contributed by atoms with Gasteiger partial charge in [-0.25, -0.2) is 9.59 Å². The third kappa shape index (κ3) is 7.03. The van der Waals surface area contributed by atoms with Crippen molar-refractivity contribution in [3.8, 4) is 0 Å². The van der Waals surface area contributed by atoms with E-state index in [4.69, 9.17) is 14.6 Å². The summed E-state index contributed by atoms with van der Waals surface area (Å²) in [6, 6.07) is 4.10. The highest BCUT2D eigenvalue weighted by molar-refractivity contribution is 5.99. The Morgan fingerprint density at radius 2 is 1.44 bits per heavy atom. The molecule has 0 heterocycles. The van der Waals surface area contributed by atoms with Crippen LogP contribution in [0.15, 0.2) is 18.2 Å². The molecule has 2 N–H and O–H groups in total. The van der Waals surface area contributed by atoms with Crippen molar-refractivity contribution in [3.05, 3.63) is 29.3 Å². The molecule has 0 spiro atoms. The number of carboxylic acids is 1. The Balaban J connectivity index is 2.95. The van der Waals surface area contributed by atoms with Crippen LogP contribution in [0.4, 0.5) is 5.69 Å². The van der Waals surface area contributed by atoms with Crippen LogP contribution < -0.4 is 5.32 Å². The lowest BCUT2D eigenvalue weighted by Crippen LogP contribution is -2.15. The maximum Gasteiger partial charge on any atom is 0.338 e. The van der Waals surface area contributed by atoms with Gasteiger partial charge >= 0.3 is 17.9 Å². The number of hydrogen-bond donors (Lipinski definition) is 2. The molecule has 0 saturated carbocycles. The molecule has 0 bridgehead atoms. The Morgan fingerprint density at radius 3 is 1.88 bits per heavy atom. The number of ether oxygens (including phenoxy) is 2. The van der Waals surface area contributed by atoms with E-state index in [2.05, 4.69) is 5.32 Å². The van der Waals surface area contributed by atoms with Crippen molar-refractivity contribution >= 4 is 29.5 Å². The molecule has 1 amide bonds. The zero-order valence-electron chi connectivity index (χ0n) is 14.2. The fourth-order valence-corrected chi connectivity index (χ4v) is 1.99. The van der Waals surface area contributed by atoms with E-state index < -0.39 is 23.8 Å². The van der Waals surface area contributed by atoms with Crippen molar-refractivity contribution in [3.63, 3.8) is 0 Å². The molecule has 0 aliphatic rings. The second-order valence-electron chi connectivity index (χ2n) is 5.04. The van der Waals surface area contributed by atoms with Crippen LogP contribution in [-0.4, -0.2) is 42.1 Å². The van der Waals surface area contributed by atoms with Crippen LogP contribution in [0.1, 0.15) is 53.8 Å². The molecule has 1 aromatic rings. The Hall–Kier alpha value is -2.90. The summed E-state index contributed by atoms with van der Waals surface area (Å²) >= 11 is 0. The molecule has 0 saturated heterocycles. The first-order chi connectivity index (χ1) is 11.9. The Morgan fingerprint density at radius 1 is 0.920 bits per heavy atom. The van der Waals surface area contributed by atoms with Gasteiger partial charge in [-0.2, -0.15) is 0 Å². The molecule has 8 nitrogen and oxygen atoms in total. The quantitative estimate of drug-likeness (QED) is 0.655. The van der Waals surface area contributed by atoms with E-state index in [0.29, 0.717) is 0 Å². The molecule has 0 atom stereocenters. The smallest absolute Gasteiger partial charge is 0.338 e. The number of aliphatic carboxylic acids is 1. The molecule has 0 aliphatic carbocycles. The summed E-state index contributed by atoms with van der Waals surface area (Å²) in [7, 11) is 0. The van der Waals surface area contributed by atoms with Gasteiger partial charge in [-0.1, -0.05) is 0 Å². The van der Waals surface area contributed by atoms with Crippen molar-refractivity contribution < 1.29 is 33.8 Å². The van der Waals surface area contributed by atoms with Gasteiger partial charge in [0.25, 0.3) is 0 Å². The standard InChI is InChI=1S/C17H21NO7/c1-3-24-16(22)11-8-12(17(23)25-4-2)10-13(9-11)18-14(19)6-5-7-15(20)21/h8-10H,3-7H2,1-2H3,(H,18,19)(H,20,21). The number of hydrogen-bond acceptors (Lipinski definition) is 6. The van der Waals surface area contributed by atoms with Gasteiger partial charge in [0, 0.05) is 18.5 Å². The molecule has 8 heteroatoms. The molecule has 136 valence electrons. The van der Waals surface area contributed by atoms with E-state index in [1.165, 1.54) is 18.2 Å². The highest BCUT2D eigenvalue weighted by Crippen LogP contribution is 2.18. The highest BCUT2D eigenvalue weighted by atomic mass is 16.5. The number of nitrogens with one attached hydrogen (secondary N) is 1. The van der Waals surface area contributed by atoms with Gasteiger partial charge in [-0.3, -0.25) is 9.59 Å². The first kappa shape index (κ1) is 20.1. The highest BCUT2D eigenvalue weighted by Gasteiger charge is 2.16. The molecule has 0 aliphatic heterocycles. The number of amides is 1. The zero-order valence-corrected chi connectivity index (χ0v) is 14.2. The first-order valence-electron chi connectivity index (χ1n) is 7.88. The van der Waals surface area contributed by atoms with Crippen molar-refractivity contribution in [2.45, 2.75) is 33.1 Å². The second-order valence-corrected chi connectivity index (χ2v) is 5.04. The maximum atomic E-state index is 11.9. The molecule has 25 heavy (non-hydrogen) atoms. The van der Waals surface area contributed by atoms with Crippen molar-refractivity contribution in [1.29, 1.82) is 0 Å². The SMILES string of the molecule is CCOC(=O)c1cc(NC(=O)CCCC(=O)O)cc(C(=O)OCC)c1. The van der Waals surface area contributed by atoms with Gasteiger partial charge in [0.15, 0.2) is 0 Å². The molecule has 1 rings (SSSR count). The van der Waals surface area contributed by atoms with Crippen LogP contribution in [0.25, 0.3) is 0 Å². The normalized spacial score (nSPS) is 10.0. The Labute approximate surface area is 145 Å². The molecule has 0 radical (unpaired) electrons. The maximum absolute atomic E-state index is 11.9. The number of anilines is 1. The average Bonchev–Trinajstić information content (AvgIpc) is 2.54. The van der Waals surface area contributed by atoms with Gasteiger partial charge in [0.05, 0.1) is 24.3 Å². The van der Waals surface area contributed by atoms with Crippen LogP contribution in [0, 0.1) is 0 Å². The summed E-state index contributed by atoms with van der Waals surface area (Å²) in [5.74, 6) is -2.66. The third-order valence-electron chi connectivity index (χ3n) is 3.03. The molecular weight excluding hydrogens is 330 g/mol. The van der Waals surface area contributed by atoms with E-state index in [1.54, 1.807) is 13.8 Å². The topological polar surface area (TPSA) is 119 Å². The Kier molecular flexibility index (Phi) is 8.11. The van der Waals surface area contributed by atoms with E-state index in [1.807, 2.05) is 0 Å². The number of carbonyl (C=O) groups excluding carboxylic acids is 3. The van der Waals surface area contributed by atoms with Crippen molar-refractivity contribution in [2.75, 3.05) is 18.5 Å². The summed E-state index contributed by atoms with van der Waals surface area (Å²) in [5.41, 5.74) is 0.440. The van der Waals surface area contributed by atoms with Gasteiger partial charge in [-0.15, -0.1) is 0 Å². The molecule has 0 fully saturated rings. The Bertz CT molecular complexity index is 618. The minimum Gasteiger partial charge on any atom is -0.481 e. The first-order valence-corrected chi connectivity index (χ1v) is 7.88. The zero-order chi connectivity index (χ0) is 18.8. The average molecular weight is 351 g/mol. The summed E-state index contributed by atoms with van der Waals surface area (Å²) in [5, 5.41) is 11.1. The van der Waals surface area contributed by atoms with Gasteiger partial charge in [0.1, 0.15) is 0 Å². The van der Waals surface area contributed by atoms with E-state index in [0.717, 1.165) is 0 Å². The number of benzene rings is 1. The predicted octanol–water partition coefficient (Wildman–Crippen LogP) is 2.23. The number of esters is 2. The summed E-state index contributed by atoms with van der Waals surface area (Å²) in [6.45, 7) is 3.63. The minimum atomic E-state index is -0.985. The predicted molar refractivity (Wildman–Crippen MR) is 88.5 cm³/mol. The summed E-state index contributed by atoms with van der Waals surface area (Å²) in [6.07, 6.45) is 0.0680. The summed E-state index contributed by atoms with van der Waals surface area (Å²) in [4.78, 5) is 46.2. The summed E-state index contributed by atoms with van der Waals surface area (Å²) < 4.78 is 9.81. The van der Waals surface area contributed by atoms with E-state index >= 15 is 0 Å². The number of rotatable bonds is 9. The largest absolute Gasteiger partial charge is 0.481 e. The van der Waals surface area contributed by atoms with Gasteiger partial charge in [0.2, 0.25) is 5.91 Å². The third-order valence-corrected chi connectivity index (χ3v) is 3.03. The van der Waals surface area contributed by atoms with Crippen molar-refractivity contribution in [2.24, 2.45) is 0 Å². The fourth-order valence-electron chi connectivity index (χ4n) is 1.99. The van der Waals surface area contributed by atoms with E-state index in [9.17, 15) is 19.2 Å². The number of carboxylic acid groups (broad SMARTS) is 1. The molecule has 1 aromatic carbocycles. The van der Waals surface area contributed by atoms with Crippen LogP contribution >= 0.6 is 0 Å². The number of carbonyl (C=O) groups is 4. The van der Waals surface area contributed by atoms with E-state index in [-0.39, 0.29) is 49.3 Å². The lowest BCUT2D eigenvalue weighted by atomic mass is 10.1.